The average molecular weight is 496 g/mol. The van der Waals surface area contributed by atoms with Crippen LogP contribution in [0.5, 0.6) is 0 Å². The molecule has 4 aliphatic rings. The van der Waals surface area contributed by atoms with Gasteiger partial charge in [-0.3, -0.25) is 14.5 Å². The standard InChI is InChI=1S/C26H41NO8/c1-7-23(4)14-17(29)26(32)24(5)16(28)8-9-22(2,3)20(24)19(21(31)25(26,6)35-23)34-18(30)15-27-10-12-33-13-11-27/h7,16,19-21,28,31-32H,1,8-15H2,2-6H3/t16-,19?,20?,21?,23-,24?,25+,26-/m0/s1. The summed E-state index contributed by atoms with van der Waals surface area (Å²) in [6, 6.07) is 0. The fourth-order valence-electron chi connectivity index (χ4n) is 7.54. The van der Waals surface area contributed by atoms with E-state index in [0.29, 0.717) is 39.1 Å². The third kappa shape index (κ3) is 3.73. The Kier molecular flexibility index (Phi) is 6.56. The lowest BCUT2D eigenvalue weighted by molar-refractivity contribution is -0.370. The first-order valence-electron chi connectivity index (χ1n) is 12.6. The fraction of sp³-hybridized carbons (Fsp3) is 0.846. The number of esters is 1. The van der Waals surface area contributed by atoms with Crippen LogP contribution >= 0.6 is 0 Å². The van der Waals surface area contributed by atoms with Crippen molar-refractivity contribution in [3.05, 3.63) is 12.7 Å². The molecule has 2 saturated heterocycles. The van der Waals surface area contributed by atoms with Crippen molar-refractivity contribution in [1.29, 1.82) is 0 Å². The van der Waals surface area contributed by atoms with Crippen LogP contribution in [0, 0.1) is 16.7 Å². The molecular weight excluding hydrogens is 454 g/mol. The predicted molar refractivity (Wildman–Crippen MR) is 126 cm³/mol. The highest BCUT2D eigenvalue weighted by Gasteiger charge is 2.81. The zero-order valence-corrected chi connectivity index (χ0v) is 21.6. The van der Waals surface area contributed by atoms with Crippen molar-refractivity contribution in [3.63, 3.8) is 0 Å². The van der Waals surface area contributed by atoms with Crippen molar-refractivity contribution in [1.82, 2.24) is 4.90 Å². The van der Waals surface area contributed by atoms with Crippen LogP contribution in [-0.4, -0.2) is 99.9 Å². The predicted octanol–water partition coefficient (Wildman–Crippen LogP) is 0.832. The lowest BCUT2D eigenvalue weighted by Gasteiger charge is -2.71. The lowest BCUT2D eigenvalue weighted by Crippen LogP contribution is -2.86. The number of morpholine rings is 1. The van der Waals surface area contributed by atoms with Gasteiger partial charge >= 0.3 is 5.97 Å². The molecule has 9 heteroatoms. The van der Waals surface area contributed by atoms with E-state index in [-0.39, 0.29) is 13.0 Å². The molecule has 4 unspecified atom stereocenters. The molecule has 2 aliphatic carbocycles. The summed E-state index contributed by atoms with van der Waals surface area (Å²) >= 11 is 0. The molecule has 9 nitrogen and oxygen atoms in total. The molecule has 0 aromatic rings. The molecule has 4 rings (SSSR count). The van der Waals surface area contributed by atoms with Gasteiger partial charge in [0.05, 0.1) is 31.5 Å². The van der Waals surface area contributed by atoms with E-state index >= 15 is 0 Å². The summed E-state index contributed by atoms with van der Waals surface area (Å²) in [6.07, 6.45) is -1.43. The van der Waals surface area contributed by atoms with Crippen molar-refractivity contribution < 1.29 is 39.1 Å². The number of aliphatic hydroxyl groups is 3. The van der Waals surface area contributed by atoms with Gasteiger partial charge in [0.15, 0.2) is 11.4 Å². The van der Waals surface area contributed by atoms with Crippen LogP contribution in [0.4, 0.5) is 0 Å². The Morgan fingerprint density at radius 2 is 1.83 bits per heavy atom. The fourth-order valence-corrected chi connectivity index (χ4v) is 7.54. The zero-order chi connectivity index (χ0) is 26.0. The number of hydrogen-bond acceptors (Lipinski definition) is 9. The molecular formula is C26H41NO8. The van der Waals surface area contributed by atoms with Gasteiger partial charge in [0, 0.05) is 30.8 Å². The summed E-state index contributed by atoms with van der Waals surface area (Å²) in [5.74, 6) is -1.74. The molecule has 0 aromatic heterocycles. The molecule has 35 heavy (non-hydrogen) atoms. The number of ether oxygens (including phenoxy) is 3. The smallest absolute Gasteiger partial charge is 0.320 e. The molecule has 0 aromatic carbocycles. The van der Waals surface area contributed by atoms with Crippen molar-refractivity contribution in [2.45, 2.75) is 89.0 Å². The van der Waals surface area contributed by atoms with Gasteiger partial charge in [-0.15, -0.1) is 6.58 Å². The molecule has 198 valence electrons. The molecule has 0 bridgehead atoms. The van der Waals surface area contributed by atoms with Gasteiger partial charge in [-0.25, -0.2) is 0 Å². The molecule has 2 aliphatic heterocycles. The number of rotatable bonds is 4. The summed E-state index contributed by atoms with van der Waals surface area (Å²) in [5.41, 5.74) is -7.20. The number of fused-ring (bicyclic) bond motifs is 3. The van der Waals surface area contributed by atoms with E-state index in [9.17, 15) is 24.9 Å². The van der Waals surface area contributed by atoms with Crippen molar-refractivity contribution in [2.75, 3.05) is 32.8 Å². The monoisotopic (exact) mass is 495 g/mol. The number of hydrogen-bond donors (Lipinski definition) is 3. The van der Waals surface area contributed by atoms with Crippen LogP contribution < -0.4 is 0 Å². The molecule has 0 radical (unpaired) electrons. The third-order valence-corrected chi connectivity index (χ3v) is 9.46. The van der Waals surface area contributed by atoms with E-state index in [2.05, 4.69) is 6.58 Å². The third-order valence-electron chi connectivity index (χ3n) is 9.46. The van der Waals surface area contributed by atoms with Crippen molar-refractivity contribution >= 4 is 11.8 Å². The maximum atomic E-state index is 13.8. The average Bonchev–Trinajstić information content (AvgIpc) is 2.78. The number of ketones is 1. The van der Waals surface area contributed by atoms with Crippen LogP contribution in [-0.2, 0) is 23.8 Å². The number of carbonyl (C=O) groups excluding carboxylic acids is 2. The van der Waals surface area contributed by atoms with E-state index in [1.54, 1.807) is 13.8 Å². The largest absolute Gasteiger partial charge is 0.458 e. The highest BCUT2D eigenvalue weighted by atomic mass is 16.6. The molecule has 4 fully saturated rings. The second kappa shape index (κ2) is 8.60. The molecule has 3 N–H and O–H groups in total. The minimum absolute atomic E-state index is 0.0319. The summed E-state index contributed by atoms with van der Waals surface area (Å²) in [4.78, 5) is 28.8. The van der Waals surface area contributed by atoms with Gasteiger partial charge in [-0.2, -0.15) is 0 Å². The van der Waals surface area contributed by atoms with Gasteiger partial charge in [-0.05, 0) is 32.1 Å². The molecule has 2 saturated carbocycles. The Labute approximate surface area is 207 Å². The maximum absolute atomic E-state index is 13.8. The van der Waals surface area contributed by atoms with Crippen LogP contribution in [0.1, 0.15) is 53.9 Å². The number of carbonyl (C=O) groups is 2. The first kappa shape index (κ1) is 26.7. The Morgan fingerprint density at radius 3 is 2.43 bits per heavy atom. The molecule has 0 spiro atoms. The Morgan fingerprint density at radius 1 is 1.20 bits per heavy atom. The van der Waals surface area contributed by atoms with Gasteiger partial charge < -0.3 is 29.5 Å². The second-order valence-corrected chi connectivity index (χ2v) is 12.1. The van der Waals surface area contributed by atoms with E-state index in [4.69, 9.17) is 14.2 Å². The van der Waals surface area contributed by atoms with Gasteiger partial charge in [-0.1, -0.05) is 26.8 Å². The highest BCUT2D eigenvalue weighted by Crippen LogP contribution is 2.67. The topological polar surface area (TPSA) is 126 Å². The van der Waals surface area contributed by atoms with E-state index < -0.39 is 63.6 Å². The second-order valence-electron chi connectivity index (χ2n) is 12.1. The summed E-state index contributed by atoms with van der Waals surface area (Å²) in [7, 11) is 0. The normalized spacial score (nSPS) is 47.9. The summed E-state index contributed by atoms with van der Waals surface area (Å²) < 4.78 is 17.7. The van der Waals surface area contributed by atoms with E-state index in [0.717, 1.165) is 0 Å². The van der Waals surface area contributed by atoms with Crippen molar-refractivity contribution in [2.24, 2.45) is 16.7 Å². The highest BCUT2D eigenvalue weighted by molar-refractivity contribution is 5.92. The zero-order valence-electron chi connectivity index (χ0n) is 21.6. The van der Waals surface area contributed by atoms with Gasteiger partial charge in [0.1, 0.15) is 17.8 Å². The Bertz CT molecular complexity index is 887. The minimum Gasteiger partial charge on any atom is -0.458 e. The number of Topliss-reactive ketones (excluding diaryl/α,β-unsaturated/α-hetero) is 1. The number of aliphatic hydroxyl groups excluding tert-OH is 2. The molecule has 8 atom stereocenters. The lowest BCUT2D eigenvalue weighted by atomic mass is 9.40. The minimum atomic E-state index is -2.21. The Hall–Kier alpha value is -1.36. The summed E-state index contributed by atoms with van der Waals surface area (Å²) in [6.45, 7) is 14.8. The van der Waals surface area contributed by atoms with E-state index in [1.807, 2.05) is 18.7 Å². The van der Waals surface area contributed by atoms with Crippen LogP contribution in [0.2, 0.25) is 0 Å². The Balaban J connectivity index is 1.80. The van der Waals surface area contributed by atoms with Gasteiger partial charge in [0.2, 0.25) is 0 Å². The first-order chi connectivity index (χ1) is 16.2. The van der Waals surface area contributed by atoms with Crippen molar-refractivity contribution in [3.8, 4) is 0 Å². The van der Waals surface area contributed by atoms with Crippen LogP contribution in [0.3, 0.4) is 0 Å². The van der Waals surface area contributed by atoms with Crippen LogP contribution in [0.15, 0.2) is 12.7 Å². The summed E-state index contributed by atoms with van der Waals surface area (Å²) in [5, 5.41) is 35.5. The van der Waals surface area contributed by atoms with Crippen LogP contribution in [0.25, 0.3) is 0 Å². The quantitative estimate of drug-likeness (QED) is 0.384. The number of nitrogens with zero attached hydrogens (tertiary/aromatic N) is 1. The first-order valence-corrected chi connectivity index (χ1v) is 12.6. The van der Waals surface area contributed by atoms with E-state index in [1.165, 1.54) is 13.0 Å². The molecule has 2 heterocycles. The van der Waals surface area contributed by atoms with Gasteiger partial charge in [0.25, 0.3) is 0 Å². The molecule has 0 amide bonds. The maximum Gasteiger partial charge on any atom is 0.320 e. The SMILES string of the molecule is C=C[C@@]1(C)CC(=O)[C@]2(O)C3(C)C(C(OC(=O)CN4CCOCC4)C(O)[C@@]2(C)O1)C(C)(C)CC[C@@H]3O.